The second kappa shape index (κ2) is 6.19. The number of nitrogens with one attached hydrogen (secondary N) is 2. The van der Waals surface area contributed by atoms with Crippen molar-refractivity contribution in [2.45, 2.75) is 6.42 Å². The van der Waals surface area contributed by atoms with Crippen LogP contribution in [0.1, 0.15) is 5.56 Å². The smallest absolute Gasteiger partial charge is 0.325 e. The molecule has 0 saturated carbocycles. The summed E-state index contributed by atoms with van der Waals surface area (Å²) in [6, 6.07) is 5.06. The molecule has 1 rings (SSSR count). The summed E-state index contributed by atoms with van der Waals surface area (Å²) in [6.07, 6.45) is 0.499. The van der Waals surface area contributed by atoms with E-state index in [1.807, 2.05) is 0 Å². The summed E-state index contributed by atoms with van der Waals surface area (Å²) in [4.78, 5) is 10.8. The third kappa shape index (κ3) is 4.85. The zero-order valence-electron chi connectivity index (χ0n) is 8.23. The fourth-order valence-electron chi connectivity index (χ4n) is 1.08. The molecule has 1 aromatic rings. The average Bonchev–Trinajstić information content (AvgIpc) is 2.20. The molecule has 2 N–H and O–H groups in total. The Balaban J connectivity index is 2.28. The first-order valence-corrected chi connectivity index (χ1v) is 5.53. The van der Waals surface area contributed by atoms with Crippen LogP contribution in [0.15, 0.2) is 24.3 Å². The zero-order chi connectivity index (χ0) is 12.0. The fraction of sp³-hybridized carbons (Fsp3) is 0.222. The quantitative estimate of drug-likeness (QED) is 0.756. The number of rotatable bonds is 4. The number of hydrogen-bond donors (Lipinski definition) is 2. The number of halogens is 1. The van der Waals surface area contributed by atoms with Gasteiger partial charge in [0.2, 0.25) is 0 Å². The lowest BCUT2D eigenvalue weighted by Gasteiger charge is -2.08. The minimum atomic E-state index is -2.61. The van der Waals surface area contributed by atoms with Gasteiger partial charge in [0.1, 0.15) is 5.82 Å². The molecule has 0 aliphatic rings. The van der Waals surface area contributed by atoms with Crippen molar-refractivity contribution in [3.63, 3.8) is 0 Å². The van der Waals surface area contributed by atoms with Crippen molar-refractivity contribution in [2.75, 3.05) is 6.54 Å². The van der Waals surface area contributed by atoms with E-state index in [4.69, 9.17) is 0 Å². The fourth-order valence-corrected chi connectivity index (χ4v) is 1.31. The van der Waals surface area contributed by atoms with Gasteiger partial charge in [-0.15, -0.1) is 0 Å². The van der Waals surface area contributed by atoms with Gasteiger partial charge in [0, 0.05) is 17.8 Å². The molecule has 5 nitrogen and oxygen atoms in total. The van der Waals surface area contributed by atoms with Crippen LogP contribution in [0, 0.1) is 5.82 Å². The minimum Gasteiger partial charge on any atom is -0.755 e. The highest BCUT2D eigenvalue weighted by molar-refractivity contribution is 7.77. The minimum absolute atomic E-state index is 0.272. The molecule has 0 aliphatic heterocycles. The normalized spacial score (nSPS) is 11.9. The number of amides is 2. The number of benzene rings is 1. The standard InChI is InChI=1S/C9H11FN2O3S/c10-8-3-1-7(2-4-8)5-6-11-9(13)12-16(14)15/h1-4H,5-6H2,(H,14,15)(H2,11,12,13)/p-1. The Morgan fingerprint density at radius 1 is 1.38 bits per heavy atom. The highest BCUT2D eigenvalue weighted by Gasteiger charge is 1.99. The van der Waals surface area contributed by atoms with Gasteiger partial charge in [-0.1, -0.05) is 12.1 Å². The van der Waals surface area contributed by atoms with Crippen LogP contribution < -0.4 is 10.0 Å². The van der Waals surface area contributed by atoms with E-state index < -0.39 is 17.3 Å². The largest absolute Gasteiger partial charge is 0.755 e. The molecular formula is C9H10FN2O3S-. The maximum absolute atomic E-state index is 12.5. The molecule has 88 valence electrons. The third-order valence-corrected chi connectivity index (χ3v) is 2.14. The van der Waals surface area contributed by atoms with Crippen LogP contribution in [0.4, 0.5) is 9.18 Å². The van der Waals surface area contributed by atoms with Gasteiger partial charge >= 0.3 is 6.03 Å². The second-order valence-corrected chi connectivity index (χ2v) is 3.64. The molecule has 0 aliphatic carbocycles. The summed E-state index contributed by atoms with van der Waals surface area (Å²) in [5, 5.41) is 2.34. The van der Waals surface area contributed by atoms with E-state index in [2.05, 4.69) is 5.32 Å². The molecule has 0 radical (unpaired) electrons. The molecule has 0 bridgehead atoms. The Labute approximate surface area is 94.5 Å². The molecule has 1 atom stereocenters. The van der Waals surface area contributed by atoms with Crippen LogP contribution >= 0.6 is 0 Å². The Morgan fingerprint density at radius 2 is 2.00 bits per heavy atom. The van der Waals surface area contributed by atoms with E-state index >= 15 is 0 Å². The molecule has 1 unspecified atom stereocenters. The van der Waals surface area contributed by atoms with E-state index in [1.54, 1.807) is 16.9 Å². The summed E-state index contributed by atoms with van der Waals surface area (Å²) in [5.74, 6) is -0.323. The van der Waals surface area contributed by atoms with Crippen LogP contribution in [0.3, 0.4) is 0 Å². The van der Waals surface area contributed by atoms with Gasteiger partial charge in [0.05, 0.1) is 0 Å². The Hall–Kier alpha value is -1.47. The van der Waals surface area contributed by atoms with Crippen LogP contribution in [0.2, 0.25) is 0 Å². The van der Waals surface area contributed by atoms with Crippen molar-refractivity contribution < 1.29 is 17.9 Å². The Kier molecular flexibility index (Phi) is 4.87. The first-order valence-electron chi connectivity index (χ1n) is 4.46. The van der Waals surface area contributed by atoms with Gasteiger partial charge in [-0.25, -0.2) is 9.18 Å². The maximum Gasteiger partial charge on any atom is 0.325 e. The number of carbonyl (C=O) groups is 1. The molecule has 0 aromatic heterocycles. The van der Waals surface area contributed by atoms with Gasteiger partial charge in [0.15, 0.2) is 0 Å². The first-order chi connectivity index (χ1) is 7.58. The Morgan fingerprint density at radius 3 is 2.56 bits per heavy atom. The molecule has 0 heterocycles. The first kappa shape index (κ1) is 12.6. The molecule has 16 heavy (non-hydrogen) atoms. The van der Waals surface area contributed by atoms with Crippen molar-refractivity contribution >= 4 is 17.3 Å². The summed E-state index contributed by atoms with van der Waals surface area (Å²) in [5.41, 5.74) is 0.852. The van der Waals surface area contributed by atoms with Crippen LogP contribution in [0.5, 0.6) is 0 Å². The molecule has 7 heteroatoms. The topological polar surface area (TPSA) is 81.3 Å². The van der Waals surface area contributed by atoms with Crippen molar-refractivity contribution in [3.05, 3.63) is 35.6 Å². The van der Waals surface area contributed by atoms with Crippen molar-refractivity contribution in [2.24, 2.45) is 0 Å². The molecule has 0 spiro atoms. The maximum atomic E-state index is 12.5. The summed E-state index contributed by atoms with van der Waals surface area (Å²) in [7, 11) is 0. The number of carbonyl (C=O) groups excluding carboxylic acids is 1. The number of hydrogen-bond acceptors (Lipinski definition) is 3. The molecule has 1 aromatic carbocycles. The van der Waals surface area contributed by atoms with E-state index in [0.29, 0.717) is 6.42 Å². The van der Waals surface area contributed by atoms with Crippen molar-refractivity contribution in [1.82, 2.24) is 10.0 Å². The van der Waals surface area contributed by atoms with Gasteiger partial charge < -0.3 is 9.87 Å². The van der Waals surface area contributed by atoms with Gasteiger partial charge in [-0.3, -0.25) is 8.93 Å². The molecule has 0 saturated heterocycles. The van der Waals surface area contributed by atoms with Crippen molar-refractivity contribution in [3.8, 4) is 0 Å². The second-order valence-electron chi connectivity index (χ2n) is 2.97. The monoisotopic (exact) mass is 245 g/mol. The van der Waals surface area contributed by atoms with E-state index in [1.165, 1.54) is 12.1 Å². The lowest BCUT2D eigenvalue weighted by molar-refractivity contribution is 0.245. The van der Waals surface area contributed by atoms with Gasteiger partial charge in [0.25, 0.3) is 0 Å². The average molecular weight is 245 g/mol. The van der Waals surface area contributed by atoms with Crippen molar-refractivity contribution in [1.29, 1.82) is 0 Å². The summed E-state index contributed by atoms with van der Waals surface area (Å²) < 4.78 is 34.3. The number of urea groups is 1. The predicted molar refractivity (Wildman–Crippen MR) is 55.6 cm³/mol. The van der Waals surface area contributed by atoms with E-state index in [9.17, 15) is 17.9 Å². The third-order valence-electron chi connectivity index (χ3n) is 1.79. The van der Waals surface area contributed by atoms with Gasteiger partial charge in [-0.05, 0) is 24.1 Å². The van der Waals surface area contributed by atoms with E-state index in [0.717, 1.165) is 5.56 Å². The highest BCUT2D eigenvalue weighted by Crippen LogP contribution is 2.02. The van der Waals surface area contributed by atoms with Gasteiger partial charge in [-0.2, -0.15) is 0 Å². The van der Waals surface area contributed by atoms with Crippen LogP contribution in [-0.2, 0) is 17.7 Å². The zero-order valence-corrected chi connectivity index (χ0v) is 9.05. The summed E-state index contributed by atoms with van der Waals surface area (Å²) in [6.45, 7) is 0.272. The Bertz CT molecular complexity index is 383. The predicted octanol–water partition coefficient (Wildman–Crippen LogP) is 0.462. The molecule has 2 amide bonds. The lowest BCUT2D eigenvalue weighted by Crippen LogP contribution is -2.37. The van der Waals surface area contributed by atoms with E-state index in [-0.39, 0.29) is 12.4 Å². The summed E-state index contributed by atoms with van der Waals surface area (Å²) >= 11 is -2.61. The highest BCUT2D eigenvalue weighted by atomic mass is 32.2. The molecule has 0 fully saturated rings. The van der Waals surface area contributed by atoms with Crippen LogP contribution in [-0.4, -0.2) is 21.3 Å². The lowest BCUT2D eigenvalue weighted by atomic mass is 10.1. The SMILES string of the molecule is O=C(NCCc1ccc(F)cc1)NS(=O)[O-]. The molecular weight excluding hydrogens is 235 g/mol. The van der Waals surface area contributed by atoms with Crippen LogP contribution in [0.25, 0.3) is 0 Å².